The number of halogens is 1. The third-order valence-corrected chi connectivity index (χ3v) is 6.91. The van der Waals surface area contributed by atoms with E-state index in [0.29, 0.717) is 24.4 Å². The molecule has 2 rings (SSSR count). The molecule has 0 aromatic rings. The Morgan fingerprint density at radius 2 is 1.92 bits per heavy atom. The summed E-state index contributed by atoms with van der Waals surface area (Å²) in [7, 11) is -1.26. The molecule has 2 N–H and O–H groups in total. The van der Waals surface area contributed by atoms with Crippen LogP contribution in [0.2, 0.25) is 0 Å². The summed E-state index contributed by atoms with van der Waals surface area (Å²) in [6.07, 6.45) is 8.76. The molecule has 0 bridgehead atoms. The largest absolute Gasteiger partial charge is 0.356 e. The van der Waals surface area contributed by atoms with Crippen molar-refractivity contribution in [3.05, 3.63) is 0 Å². The maximum atomic E-state index is 11.6. The van der Waals surface area contributed by atoms with Gasteiger partial charge in [0.15, 0.2) is 5.96 Å². The number of hydrogen-bond acceptors (Lipinski definition) is 3. The van der Waals surface area contributed by atoms with Gasteiger partial charge in [0.05, 0.1) is 6.26 Å². The van der Waals surface area contributed by atoms with Gasteiger partial charge in [0, 0.05) is 33.2 Å². The lowest BCUT2D eigenvalue weighted by molar-refractivity contribution is 0.234. The van der Waals surface area contributed by atoms with Crippen LogP contribution in [0.15, 0.2) is 4.99 Å². The molecule has 2 aliphatic rings. The maximum absolute atomic E-state index is 11.6. The molecule has 0 aromatic carbocycles. The molecule has 2 fully saturated rings. The van der Waals surface area contributed by atoms with Gasteiger partial charge in [-0.05, 0) is 42.9 Å². The van der Waals surface area contributed by atoms with Gasteiger partial charge in [-0.3, -0.25) is 4.99 Å². The zero-order chi connectivity index (χ0) is 18.5. The lowest BCUT2D eigenvalue weighted by Crippen LogP contribution is -2.45. The van der Waals surface area contributed by atoms with E-state index in [2.05, 4.69) is 29.5 Å². The van der Waals surface area contributed by atoms with E-state index in [0.717, 1.165) is 31.4 Å². The van der Waals surface area contributed by atoms with Gasteiger partial charge in [-0.15, -0.1) is 24.0 Å². The Balaban J connectivity index is 0.00000338. The summed E-state index contributed by atoms with van der Waals surface area (Å²) in [5.41, 5.74) is 0.409. The minimum Gasteiger partial charge on any atom is -0.356 e. The van der Waals surface area contributed by atoms with Crippen LogP contribution in [0.4, 0.5) is 0 Å². The third-order valence-electron chi connectivity index (χ3n) is 5.64. The van der Waals surface area contributed by atoms with Crippen LogP contribution in [0.3, 0.4) is 0 Å². The van der Waals surface area contributed by atoms with E-state index < -0.39 is 10.0 Å². The van der Waals surface area contributed by atoms with Crippen molar-refractivity contribution in [3.63, 3.8) is 0 Å². The first-order chi connectivity index (χ1) is 11.7. The van der Waals surface area contributed by atoms with Crippen LogP contribution >= 0.6 is 24.0 Å². The predicted molar refractivity (Wildman–Crippen MR) is 120 cm³/mol. The van der Waals surface area contributed by atoms with Crippen LogP contribution in [0.1, 0.15) is 52.4 Å². The van der Waals surface area contributed by atoms with Crippen LogP contribution in [-0.2, 0) is 10.0 Å². The van der Waals surface area contributed by atoms with Gasteiger partial charge in [0.1, 0.15) is 0 Å². The molecule has 0 aromatic heterocycles. The molecule has 1 heterocycles. The first-order valence-electron chi connectivity index (χ1n) is 9.64. The van der Waals surface area contributed by atoms with Crippen molar-refractivity contribution < 1.29 is 8.42 Å². The summed E-state index contributed by atoms with van der Waals surface area (Å²) < 4.78 is 24.8. The number of rotatable bonds is 7. The lowest BCUT2D eigenvalue weighted by atomic mass is 9.78. The smallest absolute Gasteiger partial charge is 0.211 e. The minimum absolute atomic E-state index is 0. The van der Waals surface area contributed by atoms with Gasteiger partial charge < -0.3 is 10.6 Å². The van der Waals surface area contributed by atoms with Crippen LogP contribution < -0.4 is 10.6 Å². The van der Waals surface area contributed by atoms with E-state index in [1.54, 1.807) is 11.4 Å². The number of sulfonamides is 1. The summed E-state index contributed by atoms with van der Waals surface area (Å²) in [5, 5.41) is 6.93. The van der Waals surface area contributed by atoms with E-state index >= 15 is 0 Å². The molecule has 0 radical (unpaired) electrons. The molecule has 1 unspecified atom stereocenters. The lowest BCUT2D eigenvalue weighted by Gasteiger charge is -2.32. The highest BCUT2D eigenvalue weighted by Gasteiger charge is 2.34. The molecule has 1 atom stereocenters. The molecular formula is C18H37IN4O2S. The Bertz CT molecular complexity index is 560. The Labute approximate surface area is 177 Å². The molecule has 1 saturated carbocycles. The topological polar surface area (TPSA) is 73.8 Å². The average Bonchev–Trinajstić information content (AvgIpc) is 3.16. The van der Waals surface area contributed by atoms with Crippen molar-refractivity contribution in [2.75, 3.05) is 39.5 Å². The zero-order valence-corrected chi connectivity index (χ0v) is 19.9. The second-order valence-electron chi connectivity index (χ2n) is 8.39. The van der Waals surface area contributed by atoms with Gasteiger partial charge in [0.25, 0.3) is 0 Å². The molecule has 6 nitrogen and oxygen atoms in total. The van der Waals surface area contributed by atoms with Crippen LogP contribution in [0, 0.1) is 17.3 Å². The number of hydrogen-bond donors (Lipinski definition) is 2. The maximum Gasteiger partial charge on any atom is 0.211 e. The van der Waals surface area contributed by atoms with E-state index in [4.69, 9.17) is 0 Å². The Kier molecular flexibility index (Phi) is 9.63. The van der Waals surface area contributed by atoms with Gasteiger partial charge in [-0.2, -0.15) is 0 Å². The Hall–Kier alpha value is -0.0900. The molecule has 0 spiro atoms. The number of guanidine groups is 1. The monoisotopic (exact) mass is 500 g/mol. The number of nitrogens with one attached hydrogen (secondary N) is 2. The van der Waals surface area contributed by atoms with Crippen LogP contribution in [0.5, 0.6) is 0 Å². The summed E-state index contributed by atoms with van der Waals surface area (Å²) in [5.74, 6) is 1.91. The number of nitrogens with zero attached hydrogens (tertiary/aromatic N) is 2. The van der Waals surface area contributed by atoms with Crippen molar-refractivity contribution in [2.24, 2.45) is 22.2 Å². The predicted octanol–water partition coefficient (Wildman–Crippen LogP) is 2.66. The second-order valence-corrected chi connectivity index (χ2v) is 10.4. The summed E-state index contributed by atoms with van der Waals surface area (Å²) >= 11 is 0. The first kappa shape index (κ1) is 23.9. The van der Waals surface area contributed by atoms with Crippen molar-refractivity contribution in [1.82, 2.24) is 14.9 Å². The van der Waals surface area contributed by atoms with E-state index in [9.17, 15) is 8.42 Å². The second kappa shape index (κ2) is 10.5. The molecule has 0 amide bonds. The third kappa shape index (κ3) is 7.14. The van der Waals surface area contributed by atoms with Crippen molar-refractivity contribution in [3.8, 4) is 0 Å². The van der Waals surface area contributed by atoms with E-state index in [-0.39, 0.29) is 24.0 Å². The van der Waals surface area contributed by atoms with Gasteiger partial charge in [0.2, 0.25) is 10.0 Å². The Morgan fingerprint density at radius 3 is 2.42 bits per heavy atom. The van der Waals surface area contributed by atoms with Crippen molar-refractivity contribution in [2.45, 2.75) is 52.4 Å². The molecule has 154 valence electrons. The van der Waals surface area contributed by atoms with Crippen LogP contribution in [0.25, 0.3) is 0 Å². The quantitative estimate of drug-likeness (QED) is 0.320. The van der Waals surface area contributed by atoms with Gasteiger partial charge in [-0.1, -0.05) is 26.7 Å². The highest BCUT2D eigenvalue weighted by atomic mass is 127. The summed E-state index contributed by atoms with van der Waals surface area (Å²) in [6, 6.07) is 0. The van der Waals surface area contributed by atoms with Crippen LogP contribution in [-0.4, -0.2) is 58.2 Å². The zero-order valence-electron chi connectivity index (χ0n) is 16.8. The average molecular weight is 500 g/mol. The van der Waals surface area contributed by atoms with E-state index in [1.807, 2.05) is 0 Å². The van der Waals surface area contributed by atoms with E-state index in [1.165, 1.54) is 38.4 Å². The molecule has 8 heteroatoms. The summed E-state index contributed by atoms with van der Waals surface area (Å²) in [4.78, 5) is 4.35. The summed E-state index contributed by atoms with van der Waals surface area (Å²) in [6.45, 7) is 7.60. The van der Waals surface area contributed by atoms with Gasteiger partial charge >= 0.3 is 0 Å². The standard InChI is InChI=1S/C18H36N4O2S.HI/c1-15(2)11-18(8-5-6-9-18)14-21-17(19-3)20-12-16-7-10-22(13-16)25(4,23)24;/h15-16H,5-14H2,1-4H3,(H2,19,20,21);1H. The fourth-order valence-electron chi connectivity index (χ4n) is 4.44. The molecule has 1 saturated heterocycles. The number of aliphatic imine (C=N–C) groups is 1. The molecule has 1 aliphatic heterocycles. The highest BCUT2D eigenvalue weighted by molar-refractivity contribution is 14.0. The molecule has 1 aliphatic carbocycles. The van der Waals surface area contributed by atoms with Crippen molar-refractivity contribution in [1.29, 1.82) is 0 Å². The molecular weight excluding hydrogens is 463 g/mol. The normalized spacial score (nSPS) is 23.9. The van der Waals surface area contributed by atoms with Crippen molar-refractivity contribution >= 4 is 40.0 Å². The highest BCUT2D eigenvalue weighted by Crippen LogP contribution is 2.42. The van der Waals surface area contributed by atoms with Gasteiger partial charge in [-0.25, -0.2) is 12.7 Å². The fraction of sp³-hybridized carbons (Fsp3) is 0.944. The first-order valence-corrected chi connectivity index (χ1v) is 11.5. The minimum atomic E-state index is -3.06. The molecule has 26 heavy (non-hydrogen) atoms. The SMILES string of the molecule is CN=C(NCC1CCN(S(C)(=O)=O)C1)NCC1(CC(C)C)CCCC1.I. The fourth-order valence-corrected chi connectivity index (χ4v) is 5.36. The Morgan fingerprint density at radius 1 is 1.27 bits per heavy atom.